The molecule has 0 radical (unpaired) electrons. The largest absolute Gasteiger partial charge is 0.399 e. The van der Waals surface area contributed by atoms with Crippen LogP contribution in [0, 0.1) is 5.92 Å². The molecule has 104 valence electrons. The molecule has 0 unspecified atom stereocenters. The van der Waals surface area contributed by atoms with Crippen LogP contribution in [-0.2, 0) is 0 Å². The smallest absolute Gasteiger partial charge is 0.319 e. The monoisotopic (exact) mass is 261 g/mol. The van der Waals surface area contributed by atoms with Crippen molar-refractivity contribution in [2.24, 2.45) is 5.92 Å². The van der Waals surface area contributed by atoms with Crippen molar-refractivity contribution in [3.8, 4) is 0 Å². The summed E-state index contributed by atoms with van der Waals surface area (Å²) >= 11 is 0. The Balaban J connectivity index is 1.67. The Morgan fingerprint density at radius 3 is 2.79 bits per heavy atom. The number of anilines is 2. The molecule has 0 atom stereocenters. The minimum Gasteiger partial charge on any atom is -0.399 e. The molecule has 1 aliphatic rings. The summed E-state index contributed by atoms with van der Waals surface area (Å²) in [6, 6.07) is 7.05. The van der Waals surface area contributed by atoms with E-state index in [2.05, 4.69) is 10.6 Å². The zero-order valence-electron chi connectivity index (χ0n) is 11.3. The van der Waals surface area contributed by atoms with Gasteiger partial charge in [0.15, 0.2) is 0 Å². The molecule has 1 saturated carbocycles. The molecule has 2 rings (SSSR count). The van der Waals surface area contributed by atoms with E-state index in [0.717, 1.165) is 24.6 Å². The van der Waals surface area contributed by atoms with Crippen molar-refractivity contribution in [2.45, 2.75) is 38.5 Å². The normalized spacial score (nSPS) is 16.0. The van der Waals surface area contributed by atoms with Crippen molar-refractivity contribution < 1.29 is 4.79 Å². The Labute approximate surface area is 114 Å². The van der Waals surface area contributed by atoms with Gasteiger partial charge in [0, 0.05) is 17.9 Å². The lowest BCUT2D eigenvalue weighted by atomic mass is 9.87. The standard InChI is InChI=1S/C15H23N3O/c16-13-7-4-8-14(11-13)18-15(19)17-10-9-12-5-2-1-3-6-12/h4,7-8,11-12H,1-3,5-6,9-10,16H2,(H2,17,18,19). The van der Waals surface area contributed by atoms with Gasteiger partial charge in [-0.15, -0.1) is 0 Å². The number of rotatable bonds is 4. The summed E-state index contributed by atoms with van der Waals surface area (Å²) in [5, 5.41) is 5.70. The molecule has 4 nitrogen and oxygen atoms in total. The highest BCUT2D eigenvalue weighted by Gasteiger charge is 2.13. The van der Waals surface area contributed by atoms with Gasteiger partial charge in [0.1, 0.15) is 0 Å². The number of hydrogen-bond donors (Lipinski definition) is 3. The van der Waals surface area contributed by atoms with Gasteiger partial charge < -0.3 is 16.4 Å². The van der Waals surface area contributed by atoms with Crippen LogP contribution in [0.3, 0.4) is 0 Å². The summed E-state index contributed by atoms with van der Waals surface area (Å²) in [5.74, 6) is 0.793. The molecule has 0 saturated heterocycles. The van der Waals surface area contributed by atoms with Gasteiger partial charge in [-0.3, -0.25) is 0 Å². The molecule has 1 aromatic rings. The topological polar surface area (TPSA) is 67.1 Å². The van der Waals surface area contributed by atoms with Gasteiger partial charge in [-0.25, -0.2) is 4.79 Å². The second-order valence-corrected chi connectivity index (χ2v) is 5.30. The van der Waals surface area contributed by atoms with Crippen LogP contribution in [0.2, 0.25) is 0 Å². The number of carbonyl (C=O) groups is 1. The van der Waals surface area contributed by atoms with Gasteiger partial charge in [-0.05, 0) is 30.5 Å². The average molecular weight is 261 g/mol. The molecule has 1 aliphatic carbocycles. The van der Waals surface area contributed by atoms with Crippen LogP contribution in [0.15, 0.2) is 24.3 Å². The quantitative estimate of drug-likeness (QED) is 0.727. The Bertz CT molecular complexity index is 414. The third kappa shape index (κ3) is 4.81. The molecule has 0 spiro atoms. The predicted octanol–water partition coefficient (Wildman–Crippen LogP) is 3.36. The minimum atomic E-state index is -0.151. The van der Waals surface area contributed by atoms with Crippen molar-refractivity contribution in [1.29, 1.82) is 0 Å². The zero-order valence-corrected chi connectivity index (χ0v) is 11.3. The highest BCUT2D eigenvalue weighted by molar-refractivity contribution is 5.89. The molecular weight excluding hydrogens is 238 g/mol. The number of nitrogen functional groups attached to an aromatic ring is 1. The first-order chi connectivity index (χ1) is 9.24. The van der Waals surface area contributed by atoms with Crippen LogP contribution in [0.5, 0.6) is 0 Å². The third-order valence-corrected chi connectivity index (χ3v) is 3.71. The number of urea groups is 1. The summed E-state index contributed by atoms with van der Waals surface area (Å²) in [5.41, 5.74) is 7.04. The van der Waals surface area contributed by atoms with Gasteiger partial charge >= 0.3 is 6.03 Å². The van der Waals surface area contributed by atoms with E-state index in [1.54, 1.807) is 12.1 Å². The van der Waals surface area contributed by atoms with Gasteiger partial charge in [0.2, 0.25) is 0 Å². The van der Waals surface area contributed by atoms with Crippen LogP contribution < -0.4 is 16.4 Å². The average Bonchev–Trinajstić information content (AvgIpc) is 2.40. The number of nitrogens with one attached hydrogen (secondary N) is 2. The maximum atomic E-state index is 11.7. The maximum absolute atomic E-state index is 11.7. The van der Waals surface area contributed by atoms with Crippen LogP contribution in [0.1, 0.15) is 38.5 Å². The number of carbonyl (C=O) groups excluding carboxylic acids is 1. The van der Waals surface area contributed by atoms with Gasteiger partial charge in [0.25, 0.3) is 0 Å². The second kappa shape index (κ2) is 7.02. The predicted molar refractivity (Wildman–Crippen MR) is 79.1 cm³/mol. The molecule has 0 aliphatic heterocycles. The molecule has 0 bridgehead atoms. The van der Waals surface area contributed by atoms with E-state index in [0.29, 0.717) is 5.69 Å². The third-order valence-electron chi connectivity index (χ3n) is 3.71. The zero-order chi connectivity index (χ0) is 13.5. The van der Waals surface area contributed by atoms with Crippen molar-refractivity contribution in [3.63, 3.8) is 0 Å². The molecule has 4 N–H and O–H groups in total. The Hall–Kier alpha value is -1.71. The summed E-state index contributed by atoms with van der Waals surface area (Å²) in [7, 11) is 0. The second-order valence-electron chi connectivity index (χ2n) is 5.30. The first kappa shape index (κ1) is 13.7. The van der Waals surface area contributed by atoms with Crippen molar-refractivity contribution >= 4 is 17.4 Å². The molecule has 4 heteroatoms. The summed E-state index contributed by atoms with van der Waals surface area (Å²) in [6.07, 6.45) is 7.79. The highest BCUT2D eigenvalue weighted by Crippen LogP contribution is 2.25. The number of nitrogens with two attached hydrogens (primary N) is 1. The number of benzene rings is 1. The lowest BCUT2D eigenvalue weighted by Crippen LogP contribution is -2.30. The Morgan fingerprint density at radius 1 is 1.26 bits per heavy atom. The Morgan fingerprint density at radius 2 is 2.05 bits per heavy atom. The van der Waals surface area contributed by atoms with E-state index < -0.39 is 0 Å². The molecule has 19 heavy (non-hydrogen) atoms. The minimum absolute atomic E-state index is 0.151. The van der Waals surface area contributed by atoms with Gasteiger partial charge in [-0.2, -0.15) is 0 Å². The fourth-order valence-electron chi connectivity index (χ4n) is 2.66. The van der Waals surface area contributed by atoms with Crippen molar-refractivity contribution in [1.82, 2.24) is 5.32 Å². The van der Waals surface area contributed by atoms with E-state index in [-0.39, 0.29) is 6.03 Å². The molecule has 1 fully saturated rings. The van der Waals surface area contributed by atoms with E-state index in [9.17, 15) is 4.79 Å². The summed E-state index contributed by atoms with van der Waals surface area (Å²) < 4.78 is 0. The van der Waals surface area contributed by atoms with Crippen LogP contribution in [0.4, 0.5) is 16.2 Å². The molecule has 0 heterocycles. The van der Waals surface area contributed by atoms with Crippen LogP contribution >= 0.6 is 0 Å². The highest BCUT2D eigenvalue weighted by atomic mass is 16.2. The van der Waals surface area contributed by atoms with Crippen molar-refractivity contribution in [3.05, 3.63) is 24.3 Å². The van der Waals surface area contributed by atoms with Gasteiger partial charge in [0.05, 0.1) is 0 Å². The Kier molecular flexibility index (Phi) is 5.07. The van der Waals surface area contributed by atoms with Crippen LogP contribution in [0.25, 0.3) is 0 Å². The summed E-state index contributed by atoms with van der Waals surface area (Å²) in [4.78, 5) is 11.7. The fourth-order valence-corrected chi connectivity index (χ4v) is 2.66. The van der Waals surface area contributed by atoms with Crippen LogP contribution in [-0.4, -0.2) is 12.6 Å². The lowest BCUT2D eigenvalue weighted by Gasteiger charge is -2.21. The maximum Gasteiger partial charge on any atom is 0.319 e. The fraction of sp³-hybridized carbons (Fsp3) is 0.533. The van der Waals surface area contributed by atoms with E-state index in [4.69, 9.17) is 5.73 Å². The molecular formula is C15H23N3O. The molecule has 1 aromatic carbocycles. The number of amides is 2. The van der Waals surface area contributed by atoms with E-state index in [1.807, 2.05) is 12.1 Å². The van der Waals surface area contributed by atoms with Crippen molar-refractivity contribution in [2.75, 3.05) is 17.6 Å². The molecule has 0 aromatic heterocycles. The summed E-state index contributed by atoms with van der Waals surface area (Å²) in [6.45, 7) is 0.749. The number of hydrogen-bond acceptors (Lipinski definition) is 2. The van der Waals surface area contributed by atoms with Gasteiger partial charge in [-0.1, -0.05) is 38.2 Å². The first-order valence-electron chi connectivity index (χ1n) is 7.14. The van der Waals surface area contributed by atoms with E-state index in [1.165, 1.54) is 32.1 Å². The SMILES string of the molecule is Nc1cccc(NC(=O)NCCC2CCCCC2)c1. The lowest BCUT2D eigenvalue weighted by molar-refractivity contribution is 0.250. The van der Waals surface area contributed by atoms with E-state index >= 15 is 0 Å². The first-order valence-corrected chi connectivity index (χ1v) is 7.14. The molecule has 2 amide bonds.